The first-order chi connectivity index (χ1) is 20.2. The summed E-state index contributed by atoms with van der Waals surface area (Å²) in [6.45, 7) is 12.2. The van der Waals surface area contributed by atoms with Crippen LogP contribution in [0.5, 0.6) is 0 Å². The number of nitrogen functional groups attached to an aromatic ring is 1. The Morgan fingerprint density at radius 2 is 1.86 bits per heavy atom. The molecule has 11 nitrogen and oxygen atoms in total. The van der Waals surface area contributed by atoms with Gasteiger partial charge in [-0.15, -0.1) is 0 Å². The van der Waals surface area contributed by atoms with Crippen molar-refractivity contribution < 1.29 is 23.1 Å². The van der Waals surface area contributed by atoms with E-state index < -0.39 is 34.4 Å². The third-order valence-corrected chi connectivity index (χ3v) is 8.01. The average molecular weight is 604 g/mol. The van der Waals surface area contributed by atoms with Gasteiger partial charge in [0.05, 0.1) is 39.4 Å². The summed E-state index contributed by atoms with van der Waals surface area (Å²) in [7, 11) is 0. The van der Waals surface area contributed by atoms with E-state index in [0.29, 0.717) is 33.6 Å². The summed E-state index contributed by atoms with van der Waals surface area (Å²) in [4.78, 5) is 38.5. The second kappa shape index (κ2) is 11.1. The lowest BCUT2D eigenvalue weighted by atomic mass is 9.97. The topological polar surface area (TPSA) is 147 Å². The lowest BCUT2D eigenvalue weighted by Crippen LogP contribution is -2.41. The number of fused-ring (bicyclic) bond motifs is 1. The van der Waals surface area contributed by atoms with Gasteiger partial charge < -0.3 is 19.9 Å². The van der Waals surface area contributed by atoms with Crippen LogP contribution in [0.2, 0.25) is 0 Å². The number of para-hydroxylation sites is 1. The Morgan fingerprint density at radius 1 is 1.14 bits per heavy atom. The zero-order valence-corrected chi connectivity index (χ0v) is 25.8. The van der Waals surface area contributed by atoms with Crippen molar-refractivity contribution in [1.29, 1.82) is 0 Å². The summed E-state index contributed by atoms with van der Waals surface area (Å²) in [6, 6.07) is 15.3. The molecule has 226 valence electrons. The molecule has 1 aliphatic heterocycles. The van der Waals surface area contributed by atoms with E-state index in [4.69, 9.17) is 15.5 Å². The highest BCUT2D eigenvalue weighted by Crippen LogP contribution is 2.40. The van der Waals surface area contributed by atoms with E-state index in [9.17, 15) is 18.4 Å². The summed E-state index contributed by atoms with van der Waals surface area (Å²) < 4.78 is 32.7. The molecule has 2 atom stereocenters. The van der Waals surface area contributed by atoms with Crippen LogP contribution in [-0.2, 0) is 16.0 Å². The summed E-state index contributed by atoms with van der Waals surface area (Å²) >= 11 is -3.00. The molecule has 0 bridgehead atoms. The van der Waals surface area contributed by atoms with E-state index in [1.165, 1.54) is 22.9 Å². The Labute approximate surface area is 253 Å². The number of carbonyl (C=O) groups excluding carboxylic acids is 2. The number of carbonyl (C=O) groups is 2. The average Bonchev–Trinajstić information content (AvgIpc) is 3.44. The molecule has 0 radical (unpaired) electrons. The van der Waals surface area contributed by atoms with Crippen LogP contribution in [0.25, 0.3) is 22.3 Å². The number of amides is 1. The van der Waals surface area contributed by atoms with Gasteiger partial charge in [-0.2, -0.15) is 0 Å². The summed E-state index contributed by atoms with van der Waals surface area (Å²) in [5, 5.41) is 0.807. The van der Waals surface area contributed by atoms with Gasteiger partial charge in [-0.1, -0.05) is 25.1 Å². The molecule has 12 heteroatoms. The lowest BCUT2D eigenvalue weighted by molar-refractivity contribution is 0.0547. The van der Waals surface area contributed by atoms with Gasteiger partial charge in [-0.25, -0.2) is 23.6 Å². The predicted molar refractivity (Wildman–Crippen MR) is 166 cm³/mol. The molecule has 0 aliphatic carbocycles. The van der Waals surface area contributed by atoms with Gasteiger partial charge in [0.25, 0.3) is 5.91 Å². The fraction of sp³-hybridized carbons (Fsp3) is 0.355. The number of pyridine rings is 2. The fourth-order valence-electron chi connectivity index (χ4n) is 5.72. The Balaban J connectivity index is 1.72. The van der Waals surface area contributed by atoms with Crippen molar-refractivity contribution in [1.82, 2.24) is 14.5 Å². The molecule has 1 aliphatic rings. The third kappa shape index (κ3) is 5.84. The van der Waals surface area contributed by atoms with Crippen LogP contribution in [-0.4, -0.2) is 53.0 Å². The largest absolute Gasteiger partial charge is 0.755 e. The first-order valence-electron chi connectivity index (χ1n) is 13.9. The van der Waals surface area contributed by atoms with Crippen LogP contribution in [0.15, 0.2) is 60.8 Å². The van der Waals surface area contributed by atoms with Crippen molar-refractivity contribution in [3.63, 3.8) is 0 Å². The molecule has 4 aromatic rings. The van der Waals surface area contributed by atoms with Crippen molar-refractivity contribution in [3.8, 4) is 11.4 Å². The standard InChI is InChI=1S/C31H36N6O5S/c1-19-17-31(5,6)35(18-19)27-21(28(38)37(43(40)41)24-12-9-15-33-26(24)32)13-14-22(34-27)25-16-20-10-7-8-11-23(20)36(25)29(39)42-30(2,3)4/h7-16,19H,17-18H2,1-6H3,(H2,32,33)(H,40,41)/p-1/t19-/m0/s1. The second-order valence-electron chi connectivity index (χ2n) is 12.4. The number of nitrogens with two attached hydrogens (primary N) is 1. The minimum atomic E-state index is -3.00. The molecule has 0 spiro atoms. The van der Waals surface area contributed by atoms with Gasteiger partial charge in [0.2, 0.25) is 0 Å². The molecule has 4 heterocycles. The van der Waals surface area contributed by atoms with Gasteiger partial charge in [-0.3, -0.25) is 9.00 Å². The van der Waals surface area contributed by atoms with E-state index in [1.807, 2.05) is 35.2 Å². The molecular weight excluding hydrogens is 568 g/mol. The van der Waals surface area contributed by atoms with Crippen LogP contribution >= 0.6 is 0 Å². The Hall–Kier alpha value is -4.29. The maximum atomic E-state index is 14.0. The van der Waals surface area contributed by atoms with E-state index >= 15 is 0 Å². The van der Waals surface area contributed by atoms with Gasteiger partial charge in [-0.05, 0) is 83.4 Å². The summed E-state index contributed by atoms with van der Waals surface area (Å²) in [6.07, 6.45) is 1.68. The molecule has 3 aromatic heterocycles. The normalized spacial score (nSPS) is 17.2. The third-order valence-electron chi connectivity index (χ3n) is 7.35. The van der Waals surface area contributed by atoms with Crippen molar-refractivity contribution >= 4 is 51.5 Å². The minimum absolute atomic E-state index is 0.0602. The molecule has 1 unspecified atom stereocenters. The Morgan fingerprint density at radius 3 is 2.49 bits per heavy atom. The molecule has 1 amide bonds. The van der Waals surface area contributed by atoms with E-state index in [0.717, 1.165) is 11.8 Å². The second-order valence-corrected chi connectivity index (χ2v) is 13.2. The fourth-order valence-corrected chi connectivity index (χ4v) is 6.27. The maximum absolute atomic E-state index is 14.0. The van der Waals surface area contributed by atoms with Crippen LogP contribution in [0, 0.1) is 5.92 Å². The molecule has 43 heavy (non-hydrogen) atoms. The van der Waals surface area contributed by atoms with Gasteiger partial charge in [0.1, 0.15) is 17.2 Å². The number of anilines is 3. The number of hydrogen-bond donors (Lipinski definition) is 1. The molecule has 2 N–H and O–H groups in total. The lowest BCUT2D eigenvalue weighted by Gasteiger charge is -2.35. The Kier molecular flexibility index (Phi) is 7.78. The van der Waals surface area contributed by atoms with E-state index in [-0.39, 0.29) is 23.0 Å². The van der Waals surface area contributed by atoms with Crippen molar-refractivity contribution in [2.75, 3.05) is 21.5 Å². The molecule has 5 rings (SSSR count). The van der Waals surface area contributed by atoms with Crippen LogP contribution in [0.4, 0.5) is 22.1 Å². The molecule has 0 saturated carbocycles. The van der Waals surface area contributed by atoms with Gasteiger partial charge in [0.15, 0.2) is 0 Å². The van der Waals surface area contributed by atoms with Crippen molar-refractivity contribution in [2.45, 2.75) is 59.1 Å². The molecule has 1 aromatic carbocycles. The quantitative estimate of drug-likeness (QED) is 0.291. The predicted octanol–water partition coefficient (Wildman–Crippen LogP) is 5.53. The molecule has 1 saturated heterocycles. The monoisotopic (exact) mass is 603 g/mol. The van der Waals surface area contributed by atoms with Gasteiger partial charge >= 0.3 is 6.09 Å². The van der Waals surface area contributed by atoms with Gasteiger partial charge in [0, 0.05) is 23.7 Å². The summed E-state index contributed by atoms with van der Waals surface area (Å²) in [5.41, 5.74) is 6.38. The SMILES string of the molecule is C[C@@H]1CN(c2nc(-c3cc4ccccc4n3C(=O)OC(C)(C)C)ccc2C(=O)N(c2cccnc2N)S(=O)[O-])C(C)(C)C1. The smallest absolute Gasteiger partial charge is 0.419 e. The Bertz CT molecular complexity index is 1740. The maximum Gasteiger partial charge on any atom is 0.419 e. The highest BCUT2D eigenvalue weighted by molar-refractivity contribution is 7.81. The number of ether oxygens (including phenoxy) is 1. The van der Waals surface area contributed by atoms with Crippen LogP contribution in [0.1, 0.15) is 58.3 Å². The number of hydrogen-bond acceptors (Lipinski definition) is 9. The van der Waals surface area contributed by atoms with E-state index in [1.54, 1.807) is 32.9 Å². The highest BCUT2D eigenvalue weighted by Gasteiger charge is 2.40. The van der Waals surface area contributed by atoms with Crippen LogP contribution in [0.3, 0.4) is 0 Å². The number of nitrogens with zero attached hydrogens (tertiary/aromatic N) is 5. The van der Waals surface area contributed by atoms with Crippen LogP contribution < -0.4 is 14.9 Å². The zero-order valence-electron chi connectivity index (χ0n) is 25.0. The minimum Gasteiger partial charge on any atom is -0.755 e. The first kappa shape index (κ1) is 30.2. The van der Waals surface area contributed by atoms with Crippen molar-refractivity contribution in [2.24, 2.45) is 5.92 Å². The zero-order chi connectivity index (χ0) is 31.3. The molecular formula is C31H35N6O5S-. The van der Waals surface area contributed by atoms with E-state index in [2.05, 4.69) is 25.8 Å². The highest BCUT2D eigenvalue weighted by atomic mass is 32.2. The summed E-state index contributed by atoms with van der Waals surface area (Å²) in [5.74, 6) is -0.348. The van der Waals surface area contributed by atoms with Crippen molar-refractivity contribution in [3.05, 3.63) is 66.4 Å². The molecule has 1 fully saturated rings. The number of benzene rings is 1. The first-order valence-corrected chi connectivity index (χ1v) is 15.0. The number of aromatic nitrogens is 3. The number of rotatable bonds is 5.